The van der Waals surface area contributed by atoms with Gasteiger partial charge in [0.25, 0.3) is 0 Å². The van der Waals surface area contributed by atoms with E-state index in [1.165, 1.54) is 0 Å². The van der Waals surface area contributed by atoms with Crippen LogP contribution in [0.25, 0.3) is 11.3 Å². The molecule has 1 aromatic heterocycles. The Morgan fingerprint density at radius 2 is 1.86 bits per heavy atom. The molecule has 1 heterocycles. The van der Waals surface area contributed by atoms with E-state index >= 15 is 0 Å². The molecule has 0 aliphatic rings. The predicted molar refractivity (Wildman–Crippen MR) is 89.9 cm³/mol. The van der Waals surface area contributed by atoms with Crippen molar-refractivity contribution in [2.45, 2.75) is 20.5 Å². The maximum Gasteiger partial charge on any atom is 0.170 e. The summed E-state index contributed by atoms with van der Waals surface area (Å²) < 4.78 is 12.4. The Labute approximate surface area is 138 Å². The molecular formula is C18H16BrNO2. The van der Waals surface area contributed by atoms with Crippen LogP contribution in [0.2, 0.25) is 0 Å². The zero-order chi connectivity index (χ0) is 15.5. The Hall–Kier alpha value is -2.07. The van der Waals surface area contributed by atoms with Crippen molar-refractivity contribution in [1.29, 1.82) is 0 Å². The lowest BCUT2D eigenvalue weighted by atomic mass is 10.1. The van der Waals surface area contributed by atoms with Gasteiger partial charge in [-0.1, -0.05) is 51.4 Å². The van der Waals surface area contributed by atoms with Crippen LogP contribution in [0.4, 0.5) is 0 Å². The van der Waals surface area contributed by atoms with Crippen LogP contribution in [0.3, 0.4) is 0 Å². The number of rotatable bonds is 4. The molecule has 0 amide bonds. The predicted octanol–water partition coefficient (Wildman–Crippen LogP) is 5.30. The number of nitrogens with zero attached hydrogens (tertiary/aromatic N) is 1. The second-order valence-electron chi connectivity index (χ2n) is 5.20. The summed E-state index contributed by atoms with van der Waals surface area (Å²) >= 11 is 3.56. The summed E-state index contributed by atoms with van der Waals surface area (Å²) in [6.07, 6.45) is 0. The van der Waals surface area contributed by atoms with Crippen LogP contribution in [-0.4, -0.2) is 5.16 Å². The first-order chi connectivity index (χ1) is 10.6. The Morgan fingerprint density at radius 3 is 2.55 bits per heavy atom. The number of aryl methyl sites for hydroxylation is 2. The maximum atomic E-state index is 6.00. The van der Waals surface area contributed by atoms with Gasteiger partial charge in [0, 0.05) is 10.5 Å². The molecule has 3 rings (SSSR count). The minimum absolute atomic E-state index is 0.510. The minimum Gasteiger partial charge on any atom is -0.488 e. The van der Waals surface area contributed by atoms with E-state index in [-0.39, 0.29) is 0 Å². The zero-order valence-corrected chi connectivity index (χ0v) is 14.1. The Bertz CT molecular complexity index is 781. The lowest BCUT2D eigenvalue weighted by Gasteiger charge is -2.12. The molecule has 4 heteroatoms. The highest BCUT2D eigenvalue weighted by Gasteiger charge is 2.14. The van der Waals surface area contributed by atoms with Crippen LogP contribution < -0.4 is 4.74 Å². The quantitative estimate of drug-likeness (QED) is 0.635. The molecule has 0 aliphatic carbocycles. The minimum atomic E-state index is 0.510. The van der Waals surface area contributed by atoms with Crippen molar-refractivity contribution in [2.75, 3.05) is 0 Å². The average molecular weight is 358 g/mol. The molecule has 0 fully saturated rings. The third-order valence-electron chi connectivity index (χ3n) is 3.39. The van der Waals surface area contributed by atoms with Crippen molar-refractivity contribution < 1.29 is 9.26 Å². The van der Waals surface area contributed by atoms with Crippen LogP contribution in [-0.2, 0) is 6.61 Å². The molecule has 3 aromatic rings. The molecule has 0 saturated carbocycles. The third kappa shape index (κ3) is 3.22. The standard InChI is InChI=1S/C18H16BrNO2/c1-12-8-15(18-9-13(2)20-22-18)17(10-16(12)19)21-11-14-6-4-3-5-7-14/h3-10H,11H2,1-2H3. The molecule has 0 N–H and O–H groups in total. The smallest absolute Gasteiger partial charge is 0.170 e. The highest BCUT2D eigenvalue weighted by molar-refractivity contribution is 9.10. The van der Waals surface area contributed by atoms with E-state index in [1.54, 1.807) is 0 Å². The van der Waals surface area contributed by atoms with E-state index in [9.17, 15) is 0 Å². The van der Waals surface area contributed by atoms with Gasteiger partial charge in [-0.15, -0.1) is 0 Å². The summed E-state index contributed by atoms with van der Waals surface area (Å²) in [5.41, 5.74) is 4.01. The van der Waals surface area contributed by atoms with Crippen molar-refractivity contribution in [3.63, 3.8) is 0 Å². The summed E-state index contributed by atoms with van der Waals surface area (Å²) in [6, 6.07) is 16.0. The summed E-state index contributed by atoms with van der Waals surface area (Å²) in [6.45, 7) is 4.46. The maximum absolute atomic E-state index is 6.00. The Balaban J connectivity index is 1.93. The fraction of sp³-hybridized carbons (Fsp3) is 0.167. The van der Waals surface area contributed by atoms with Gasteiger partial charge in [-0.25, -0.2) is 0 Å². The molecule has 22 heavy (non-hydrogen) atoms. The molecule has 0 saturated heterocycles. The highest BCUT2D eigenvalue weighted by Crippen LogP contribution is 2.35. The largest absolute Gasteiger partial charge is 0.488 e. The molecule has 0 spiro atoms. The average Bonchev–Trinajstić information content (AvgIpc) is 2.95. The van der Waals surface area contributed by atoms with E-state index in [4.69, 9.17) is 9.26 Å². The second-order valence-corrected chi connectivity index (χ2v) is 6.06. The van der Waals surface area contributed by atoms with Crippen LogP contribution >= 0.6 is 15.9 Å². The van der Waals surface area contributed by atoms with Crippen molar-refractivity contribution in [1.82, 2.24) is 5.16 Å². The van der Waals surface area contributed by atoms with Crippen LogP contribution in [0.5, 0.6) is 5.75 Å². The molecule has 2 aromatic carbocycles. The number of halogens is 1. The topological polar surface area (TPSA) is 35.3 Å². The lowest BCUT2D eigenvalue weighted by molar-refractivity contribution is 0.306. The van der Waals surface area contributed by atoms with Crippen molar-refractivity contribution in [3.05, 3.63) is 69.8 Å². The number of aromatic nitrogens is 1. The Morgan fingerprint density at radius 1 is 1.09 bits per heavy atom. The molecule has 0 aliphatic heterocycles. The monoisotopic (exact) mass is 357 g/mol. The van der Waals surface area contributed by atoms with Gasteiger partial charge >= 0.3 is 0 Å². The van der Waals surface area contributed by atoms with Gasteiger partial charge in [-0.05, 0) is 37.1 Å². The van der Waals surface area contributed by atoms with Crippen molar-refractivity contribution in [2.24, 2.45) is 0 Å². The summed E-state index contributed by atoms with van der Waals surface area (Å²) in [7, 11) is 0. The van der Waals surface area contributed by atoms with E-state index in [0.717, 1.165) is 38.4 Å². The Kier molecular flexibility index (Phi) is 4.29. The first-order valence-corrected chi connectivity index (χ1v) is 7.83. The third-order valence-corrected chi connectivity index (χ3v) is 4.25. The van der Waals surface area contributed by atoms with E-state index < -0.39 is 0 Å². The normalized spacial score (nSPS) is 10.7. The van der Waals surface area contributed by atoms with Gasteiger partial charge in [0.1, 0.15) is 12.4 Å². The second kappa shape index (κ2) is 6.36. The molecule has 0 unspecified atom stereocenters. The van der Waals surface area contributed by atoms with Gasteiger partial charge in [0.05, 0.1) is 11.3 Å². The number of benzene rings is 2. The zero-order valence-electron chi connectivity index (χ0n) is 12.5. The van der Waals surface area contributed by atoms with Gasteiger partial charge in [0.15, 0.2) is 5.76 Å². The first kappa shape index (κ1) is 14.9. The van der Waals surface area contributed by atoms with Gasteiger partial charge in [-0.2, -0.15) is 0 Å². The summed E-state index contributed by atoms with van der Waals surface area (Å²) in [4.78, 5) is 0. The first-order valence-electron chi connectivity index (χ1n) is 7.04. The molecule has 0 radical (unpaired) electrons. The highest BCUT2D eigenvalue weighted by atomic mass is 79.9. The van der Waals surface area contributed by atoms with Gasteiger partial charge < -0.3 is 9.26 Å². The van der Waals surface area contributed by atoms with Gasteiger partial charge in [0.2, 0.25) is 0 Å². The van der Waals surface area contributed by atoms with Crippen LogP contribution in [0.15, 0.2) is 57.5 Å². The van der Waals surface area contributed by atoms with Crippen LogP contribution in [0.1, 0.15) is 16.8 Å². The van der Waals surface area contributed by atoms with Crippen LogP contribution in [0, 0.1) is 13.8 Å². The SMILES string of the molecule is Cc1cc(-c2cc(C)c(Br)cc2OCc2ccccc2)on1. The van der Waals surface area contributed by atoms with Crippen molar-refractivity contribution >= 4 is 15.9 Å². The lowest BCUT2D eigenvalue weighted by Crippen LogP contribution is -1.97. The summed E-state index contributed by atoms with van der Waals surface area (Å²) in [5, 5.41) is 3.96. The molecule has 0 bridgehead atoms. The fourth-order valence-electron chi connectivity index (χ4n) is 2.20. The number of hydrogen-bond donors (Lipinski definition) is 0. The molecule has 112 valence electrons. The molecular weight excluding hydrogens is 342 g/mol. The summed E-state index contributed by atoms with van der Waals surface area (Å²) in [5.74, 6) is 1.49. The van der Waals surface area contributed by atoms with Crippen molar-refractivity contribution in [3.8, 4) is 17.1 Å². The van der Waals surface area contributed by atoms with Gasteiger partial charge in [-0.3, -0.25) is 0 Å². The fourth-order valence-corrected chi connectivity index (χ4v) is 2.52. The molecule has 0 atom stereocenters. The van der Waals surface area contributed by atoms with E-state index in [0.29, 0.717) is 6.61 Å². The number of hydrogen-bond acceptors (Lipinski definition) is 3. The number of ether oxygens (including phenoxy) is 1. The van der Waals surface area contributed by atoms with E-state index in [1.807, 2.05) is 62.4 Å². The van der Waals surface area contributed by atoms with E-state index in [2.05, 4.69) is 21.1 Å². The molecule has 3 nitrogen and oxygen atoms in total.